The zero-order chi connectivity index (χ0) is 22.9. The third kappa shape index (κ3) is 4.10. The number of nitrogens with zero attached hydrogens (tertiary/aromatic N) is 5. The summed E-state index contributed by atoms with van der Waals surface area (Å²) in [4.78, 5) is 19.1. The molecule has 0 aliphatic rings. The van der Waals surface area contributed by atoms with Gasteiger partial charge in [-0.3, -0.25) is 4.79 Å². The van der Waals surface area contributed by atoms with Crippen molar-refractivity contribution >= 4 is 28.6 Å². The maximum Gasteiger partial charge on any atom is 0.257 e. The summed E-state index contributed by atoms with van der Waals surface area (Å²) in [5.41, 5.74) is 5.15. The average molecular weight is 458 g/mol. The van der Waals surface area contributed by atoms with Gasteiger partial charge < -0.3 is 9.42 Å². The Morgan fingerprint density at radius 2 is 1.88 bits per heavy atom. The SMILES string of the molecule is Cc1noc2ncc(C(=O)N(C)Cc3cn(-c4ccccc4)nc3-c3ccc(Cl)cc3)cc12. The number of fused-ring (bicyclic) bond motifs is 1. The van der Waals surface area contributed by atoms with Crippen LogP contribution in [-0.2, 0) is 6.54 Å². The number of carbonyl (C=O) groups is 1. The van der Waals surface area contributed by atoms with Crippen LogP contribution in [0.15, 0.2) is 77.6 Å². The molecule has 0 N–H and O–H groups in total. The number of aromatic nitrogens is 4. The van der Waals surface area contributed by atoms with E-state index in [1.165, 1.54) is 6.20 Å². The van der Waals surface area contributed by atoms with Crippen LogP contribution < -0.4 is 0 Å². The second kappa shape index (κ2) is 8.52. The summed E-state index contributed by atoms with van der Waals surface area (Å²) in [7, 11) is 1.76. The molecule has 1 amide bonds. The van der Waals surface area contributed by atoms with E-state index in [4.69, 9.17) is 21.2 Å². The largest absolute Gasteiger partial charge is 0.337 e. The molecule has 33 heavy (non-hydrogen) atoms. The van der Waals surface area contributed by atoms with Crippen LogP contribution in [-0.4, -0.2) is 37.8 Å². The number of hydrogen-bond acceptors (Lipinski definition) is 5. The number of aryl methyl sites for hydroxylation is 1. The lowest BCUT2D eigenvalue weighted by Gasteiger charge is -2.17. The molecule has 0 unspecified atom stereocenters. The molecule has 0 aliphatic carbocycles. The highest BCUT2D eigenvalue weighted by Crippen LogP contribution is 2.27. The first-order valence-corrected chi connectivity index (χ1v) is 10.7. The smallest absolute Gasteiger partial charge is 0.257 e. The summed E-state index contributed by atoms with van der Waals surface area (Å²) < 4.78 is 6.98. The van der Waals surface area contributed by atoms with Gasteiger partial charge in [-0.05, 0) is 37.3 Å². The van der Waals surface area contributed by atoms with E-state index >= 15 is 0 Å². The molecule has 5 aromatic rings. The predicted molar refractivity (Wildman–Crippen MR) is 126 cm³/mol. The summed E-state index contributed by atoms with van der Waals surface area (Å²) in [5.74, 6) is -0.153. The van der Waals surface area contributed by atoms with Crippen molar-refractivity contribution < 1.29 is 9.32 Å². The molecule has 0 aliphatic heterocycles. The lowest BCUT2D eigenvalue weighted by molar-refractivity contribution is 0.0785. The van der Waals surface area contributed by atoms with Crippen LogP contribution in [0.1, 0.15) is 21.6 Å². The number of pyridine rings is 1. The Labute approximate surface area is 195 Å². The monoisotopic (exact) mass is 457 g/mol. The summed E-state index contributed by atoms with van der Waals surface area (Å²) in [6, 6.07) is 19.1. The standard InChI is InChI=1S/C25H20ClN5O2/c1-16-22-12-18(13-27-24(22)33-29-16)25(32)30(2)14-19-15-31(21-6-4-3-5-7-21)28-23(19)17-8-10-20(26)11-9-17/h3-13,15H,14H2,1-2H3. The van der Waals surface area contributed by atoms with Gasteiger partial charge in [-0.1, -0.05) is 47.1 Å². The van der Waals surface area contributed by atoms with Crippen LogP contribution in [0.25, 0.3) is 28.0 Å². The van der Waals surface area contributed by atoms with Gasteiger partial charge in [-0.2, -0.15) is 5.10 Å². The van der Waals surface area contributed by atoms with Gasteiger partial charge in [0.2, 0.25) is 0 Å². The Hall–Kier alpha value is -3.97. The van der Waals surface area contributed by atoms with E-state index in [2.05, 4.69) is 10.1 Å². The first kappa shape index (κ1) is 20.9. The van der Waals surface area contributed by atoms with Gasteiger partial charge in [0, 0.05) is 42.1 Å². The molecule has 0 saturated carbocycles. The summed E-state index contributed by atoms with van der Waals surface area (Å²) in [6.07, 6.45) is 3.47. The van der Waals surface area contributed by atoms with Gasteiger partial charge in [-0.25, -0.2) is 9.67 Å². The minimum absolute atomic E-state index is 0.153. The maximum atomic E-state index is 13.2. The first-order chi connectivity index (χ1) is 16.0. The number of benzene rings is 2. The van der Waals surface area contributed by atoms with E-state index in [1.54, 1.807) is 18.0 Å². The van der Waals surface area contributed by atoms with Crippen LogP contribution in [0.3, 0.4) is 0 Å². The zero-order valence-electron chi connectivity index (χ0n) is 18.1. The first-order valence-electron chi connectivity index (χ1n) is 10.4. The van der Waals surface area contributed by atoms with Gasteiger partial charge in [0.1, 0.15) is 0 Å². The maximum absolute atomic E-state index is 13.2. The van der Waals surface area contributed by atoms with Gasteiger partial charge in [0.15, 0.2) is 0 Å². The summed E-state index contributed by atoms with van der Waals surface area (Å²) in [6.45, 7) is 2.19. The average Bonchev–Trinajstić information content (AvgIpc) is 3.43. The number of halogens is 1. The number of hydrogen-bond donors (Lipinski definition) is 0. The van der Waals surface area contributed by atoms with Crippen molar-refractivity contribution in [2.45, 2.75) is 13.5 Å². The fraction of sp³-hybridized carbons (Fsp3) is 0.120. The number of carbonyl (C=O) groups excluding carboxylic acids is 1. The third-order valence-corrected chi connectivity index (χ3v) is 5.69. The molecule has 5 rings (SSSR count). The van der Waals surface area contributed by atoms with Crippen molar-refractivity contribution in [1.82, 2.24) is 24.8 Å². The van der Waals surface area contributed by atoms with Crippen LogP contribution in [0.4, 0.5) is 0 Å². The van der Waals surface area contributed by atoms with Gasteiger partial charge in [0.05, 0.1) is 28.0 Å². The van der Waals surface area contributed by atoms with Crippen molar-refractivity contribution in [2.75, 3.05) is 7.05 Å². The lowest BCUT2D eigenvalue weighted by Crippen LogP contribution is -2.26. The Morgan fingerprint density at radius 3 is 2.64 bits per heavy atom. The zero-order valence-corrected chi connectivity index (χ0v) is 18.8. The van der Waals surface area contributed by atoms with Crippen molar-refractivity contribution in [1.29, 1.82) is 0 Å². The normalized spacial score (nSPS) is 11.1. The van der Waals surface area contributed by atoms with E-state index in [9.17, 15) is 4.79 Å². The minimum atomic E-state index is -0.153. The highest BCUT2D eigenvalue weighted by Gasteiger charge is 2.19. The lowest BCUT2D eigenvalue weighted by atomic mass is 10.1. The Balaban J connectivity index is 1.49. The van der Waals surface area contributed by atoms with Gasteiger partial charge in [0.25, 0.3) is 11.6 Å². The van der Waals surface area contributed by atoms with Gasteiger partial charge >= 0.3 is 0 Å². The minimum Gasteiger partial charge on any atom is -0.337 e. The highest BCUT2D eigenvalue weighted by atomic mass is 35.5. The van der Waals surface area contributed by atoms with Crippen molar-refractivity contribution in [3.63, 3.8) is 0 Å². The molecule has 3 heterocycles. The third-order valence-electron chi connectivity index (χ3n) is 5.44. The molecule has 0 saturated heterocycles. The van der Waals surface area contributed by atoms with Crippen LogP contribution >= 0.6 is 11.6 Å². The Morgan fingerprint density at radius 1 is 1.12 bits per heavy atom. The number of rotatable bonds is 5. The molecular formula is C25H20ClN5O2. The Kier molecular flexibility index (Phi) is 5.40. The molecule has 2 aromatic carbocycles. The van der Waals surface area contributed by atoms with Crippen molar-refractivity contribution in [3.05, 3.63) is 94.9 Å². The molecule has 0 bridgehead atoms. The molecule has 8 heteroatoms. The van der Waals surface area contributed by atoms with E-state index in [0.29, 0.717) is 28.5 Å². The van der Waals surface area contributed by atoms with E-state index < -0.39 is 0 Å². The van der Waals surface area contributed by atoms with Crippen LogP contribution in [0.5, 0.6) is 0 Å². The van der Waals surface area contributed by atoms with E-state index in [-0.39, 0.29) is 5.91 Å². The molecule has 3 aromatic heterocycles. The van der Waals surface area contributed by atoms with Crippen molar-refractivity contribution in [3.8, 4) is 16.9 Å². The fourth-order valence-electron chi connectivity index (χ4n) is 3.70. The second-order valence-corrected chi connectivity index (χ2v) is 8.23. The predicted octanol–water partition coefficient (Wildman–Crippen LogP) is 5.31. The molecule has 0 spiro atoms. The molecule has 0 atom stereocenters. The van der Waals surface area contributed by atoms with Crippen LogP contribution in [0, 0.1) is 6.92 Å². The quantitative estimate of drug-likeness (QED) is 0.357. The topological polar surface area (TPSA) is 77.0 Å². The molecule has 164 valence electrons. The van der Waals surface area contributed by atoms with Gasteiger partial charge in [-0.15, -0.1) is 0 Å². The van der Waals surface area contributed by atoms with E-state index in [1.807, 2.05) is 72.4 Å². The molecule has 0 radical (unpaired) electrons. The molecule has 7 nitrogen and oxygen atoms in total. The Bertz CT molecular complexity index is 1440. The van der Waals surface area contributed by atoms with Crippen molar-refractivity contribution in [2.24, 2.45) is 0 Å². The molecule has 0 fully saturated rings. The fourth-order valence-corrected chi connectivity index (χ4v) is 3.82. The number of para-hydroxylation sites is 1. The highest BCUT2D eigenvalue weighted by molar-refractivity contribution is 6.30. The summed E-state index contributed by atoms with van der Waals surface area (Å²) in [5, 5.41) is 10.1. The summed E-state index contributed by atoms with van der Waals surface area (Å²) >= 11 is 6.08. The number of amides is 1. The molecular weight excluding hydrogens is 438 g/mol. The van der Waals surface area contributed by atoms with E-state index in [0.717, 1.165) is 27.9 Å². The second-order valence-electron chi connectivity index (χ2n) is 7.80. The van der Waals surface area contributed by atoms with Crippen LogP contribution in [0.2, 0.25) is 5.02 Å².